The van der Waals surface area contributed by atoms with Crippen LogP contribution in [0.15, 0.2) is 66.1 Å². The molecule has 6 nitrogen and oxygen atoms in total. The minimum absolute atomic E-state index is 0.158. The lowest BCUT2D eigenvalue weighted by Gasteiger charge is -2.35. The number of carbonyl (C=O) groups is 1. The van der Waals surface area contributed by atoms with Gasteiger partial charge >= 0.3 is 0 Å². The Labute approximate surface area is 157 Å². The van der Waals surface area contributed by atoms with Crippen LogP contribution in [-0.4, -0.2) is 25.5 Å². The summed E-state index contributed by atoms with van der Waals surface area (Å²) in [6.07, 6.45) is 4.83. The Kier molecular flexibility index (Phi) is 3.63. The number of allylic oxidation sites excluding steroid dienone is 2. The van der Waals surface area contributed by atoms with Gasteiger partial charge in [-0.1, -0.05) is 36.4 Å². The predicted molar refractivity (Wildman–Crippen MR) is 101 cm³/mol. The highest BCUT2D eigenvalue weighted by atomic mass is 16.1. The number of anilines is 1. The quantitative estimate of drug-likeness (QED) is 0.761. The van der Waals surface area contributed by atoms with E-state index in [4.69, 9.17) is 0 Å². The topological polar surface area (TPSA) is 72.7 Å². The lowest BCUT2D eigenvalue weighted by Crippen LogP contribution is -2.33. The van der Waals surface area contributed by atoms with Crippen molar-refractivity contribution in [3.63, 3.8) is 0 Å². The number of hydrogen-bond donors (Lipinski definition) is 1. The van der Waals surface area contributed by atoms with Crippen LogP contribution in [-0.2, 0) is 4.79 Å². The molecule has 1 aromatic carbocycles. The number of rotatable bonds is 2. The number of hydrogen-bond acceptors (Lipinski definition) is 5. The van der Waals surface area contributed by atoms with Crippen LogP contribution in [0.5, 0.6) is 0 Å². The highest BCUT2D eigenvalue weighted by Crippen LogP contribution is 2.43. The van der Waals surface area contributed by atoms with E-state index in [1.807, 2.05) is 41.9 Å². The van der Waals surface area contributed by atoms with Gasteiger partial charge in [0.05, 0.1) is 0 Å². The normalized spacial score (nSPS) is 21.4. The summed E-state index contributed by atoms with van der Waals surface area (Å²) in [4.78, 5) is 22.0. The van der Waals surface area contributed by atoms with Crippen LogP contribution >= 0.6 is 0 Å². The Balaban J connectivity index is 1.62. The number of carbonyl (C=O) groups excluding carboxylic acids is 1. The number of ketones is 1. The molecule has 0 spiro atoms. The number of nitrogens with zero attached hydrogens (tertiary/aromatic N) is 4. The summed E-state index contributed by atoms with van der Waals surface area (Å²) >= 11 is 0. The second-order valence-electron chi connectivity index (χ2n) is 7.07. The molecular weight excluding hydrogens is 338 g/mol. The van der Waals surface area contributed by atoms with Gasteiger partial charge < -0.3 is 5.32 Å². The van der Waals surface area contributed by atoms with E-state index < -0.39 is 0 Å². The minimum atomic E-state index is -0.282. The maximum Gasteiger partial charge on any atom is 0.226 e. The Morgan fingerprint density at radius 1 is 1.07 bits per heavy atom. The fourth-order valence-corrected chi connectivity index (χ4v) is 4.13. The van der Waals surface area contributed by atoms with E-state index in [0.29, 0.717) is 18.2 Å². The molecule has 0 radical (unpaired) electrons. The summed E-state index contributed by atoms with van der Waals surface area (Å²) in [5.41, 5.74) is 3.88. The summed E-state index contributed by atoms with van der Waals surface area (Å²) < 4.78 is 1.81. The van der Waals surface area contributed by atoms with E-state index in [2.05, 4.69) is 32.5 Å². The standard InChI is InChI=1S/C21H19N5O/c1-13-23-21-24-17-10-16(14-6-3-2-4-7-14)11-18(27)19(17)20(26(21)25-13)15-8-5-9-22-12-15/h2-9,12,16,20H,10-11H2,1H3,(H,23,24,25)/t16-,20+/m1/s1. The Morgan fingerprint density at radius 3 is 2.67 bits per heavy atom. The van der Waals surface area contributed by atoms with E-state index in [1.54, 1.807) is 12.4 Å². The van der Waals surface area contributed by atoms with E-state index in [1.165, 1.54) is 5.56 Å². The number of nitrogens with one attached hydrogen (secondary N) is 1. The van der Waals surface area contributed by atoms with Crippen LogP contribution in [0.2, 0.25) is 0 Å². The van der Waals surface area contributed by atoms with Crippen LogP contribution < -0.4 is 5.32 Å². The third-order valence-electron chi connectivity index (χ3n) is 5.30. The van der Waals surface area contributed by atoms with Gasteiger partial charge in [0, 0.05) is 30.1 Å². The molecule has 2 aliphatic rings. The summed E-state index contributed by atoms with van der Waals surface area (Å²) in [6, 6.07) is 13.8. The maximum atomic E-state index is 13.2. The van der Waals surface area contributed by atoms with Crippen LogP contribution in [0.3, 0.4) is 0 Å². The van der Waals surface area contributed by atoms with Gasteiger partial charge in [0.15, 0.2) is 5.78 Å². The van der Waals surface area contributed by atoms with Crippen molar-refractivity contribution >= 4 is 11.7 Å². The van der Waals surface area contributed by atoms with Gasteiger partial charge in [0.1, 0.15) is 11.9 Å². The molecule has 27 heavy (non-hydrogen) atoms. The SMILES string of the molecule is Cc1nc2n(n1)[C@@H](c1cccnc1)C1=C(C[C@@H](c3ccccc3)CC1=O)N2. The highest BCUT2D eigenvalue weighted by Gasteiger charge is 2.39. The molecule has 3 heterocycles. The molecule has 1 N–H and O–H groups in total. The minimum Gasteiger partial charge on any atom is -0.328 e. The second kappa shape index (κ2) is 6.16. The highest BCUT2D eigenvalue weighted by molar-refractivity contribution is 6.00. The molecule has 0 unspecified atom stereocenters. The Hall–Kier alpha value is -3.28. The Morgan fingerprint density at radius 2 is 1.89 bits per heavy atom. The van der Waals surface area contributed by atoms with Crippen LogP contribution in [0.1, 0.15) is 41.8 Å². The van der Waals surface area contributed by atoms with Crippen molar-refractivity contribution in [2.45, 2.75) is 31.7 Å². The summed E-state index contributed by atoms with van der Waals surface area (Å²) in [7, 11) is 0. The van der Waals surface area contributed by atoms with Crippen molar-refractivity contribution in [2.75, 3.05) is 5.32 Å². The smallest absolute Gasteiger partial charge is 0.226 e. The number of aromatic nitrogens is 4. The van der Waals surface area contributed by atoms with Gasteiger partial charge in [0.25, 0.3) is 0 Å². The fraction of sp³-hybridized carbons (Fsp3) is 0.238. The van der Waals surface area contributed by atoms with Crippen molar-refractivity contribution in [3.8, 4) is 0 Å². The van der Waals surface area contributed by atoms with Crippen molar-refractivity contribution in [1.29, 1.82) is 0 Å². The first-order valence-electron chi connectivity index (χ1n) is 9.12. The average molecular weight is 357 g/mol. The van der Waals surface area contributed by atoms with E-state index >= 15 is 0 Å². The number of fused-ring (bicyclic) bond motifs is 1. The molecule has 3 aromatic rings. The van der Waals surface area contributed by atoms with Gasteiger partial charge in [-0.25, -0.2) is 4.68 Å². The largest absolute Gasteiger partial charge is 0.328 e. The maximum absolute atomic E-state index is 13.2. The van der Waals surface area contributed by atoms with E-state index in [-0.39, 0.29) is 17.7 Å². The fourth-order valence-electron chi connectivity index (χ4n) is 4.13. The number of aryl methyl sites for hydroxylation is 1. The van der Waals surface area contributed by atoms with Gasteiger partial charge in [-0.3, -0.25) is 9.78 Å². The van der Waals surface area contributed by atoms with Gasteiger partial charge in [-0.15, -0.1) is 0 Å². The summed E-state index contributed by atoms with van der Waals surface area (Å²) in [6.45, 7) is 1.86. The lowest BCUT2D eigenvalue weighted by atomic mass is 9.78. The molecule has 0 saturated heterocycles. The van der Waals surface area contributed by atoms with Crippen molar-refractivity contribution in [3.05, 3.63) is 83.1 Å². The molecule has 6 heteroatoms. The van der Waals surface area contributed by atoms with Crippen LogP contribution in [0.4, 0.5) is 5.95 Å². The number of benzene rings is 1. The van der Waals surface area contributed by atoms with Crippen LogP contribution in [0.25, 0.3) is 0 Å². The van der Waals surface area contributed by atoms with Crippen molar-refractivity contribution in [1.82, 2.24) is 19.7 Å². The van der Waals surface area contributed by atoms with Crippen molar-refractivity contribution in [2.24, 2.45) is 0 Å². The molecule has 1 aliphatic carbocycles. The summed E-state index contributed by atoms with van der Waals surface area (Å²) in [5, 5.41) is 7.92. The monoisotopic (exact) mass is 357 g/mol. The first-order chi connectivity index (χ1) is 13.2. The molecule has 1 aliphatic heterocycles. The van der Waals surface area contributed by atoms with Crippen molar-refractivity contribution < 1.29 is 4.79 Å². The molecule has 2 atom stereocenters. The van der Waals surface area contributed by atoms with E-state index in [0.717, 1.165) is 23.3 Å². The van der Waals surface area contributed by atoms with Gasteiger partial charge in [-0.05, 0) is 36.5 Å². The Bertz CT molecular complexity index is 1040. The molecule has 134 valence electrons. The molecule has 2 aromatic heterocycles. The molecular formula is C21H19N5O. The molecule has 5 rings (SSSR count). The van der Waals surface area contributed by atoms with Gasteiger partial charge in [-0.2, -0.15) is 10.1 Å². The molecule has 0 saturated carbocycles. The second-order valence-corrected chi connectivity index (χ2v) is 7.07. The predicted octanol–water partition coefficient (Wildman–Crippen LogP) is 3.40. The zero-order valence-corrected chi connectivity index (χ0v) is 15.0. The zero-order chi connectivity index (χ0) is 18.4. The molecule has 0 bridgehead atoms. The van der Waals surface area contributed by atoms with Crippen LogP contribution in [0, 0.1) is 6.92 Å². The number of Topliss-reactive ketones (excluding diaryl/α,β-unsaturated/α-hetero) is 1. The molecule has 0 amide bonds. The zero-order valence-electron chi connectivity index (χ0n) is 15.0. The van der Waals surface area contributed by atoms with E-state index in [9.17, 15) is 4.79 Å². The lowest BCUT2D eigenvalue weighted by molar-refractivity contribution is -0.116. The van der Waals surface area contributed by atoms with Gasteiger partial charge in [0.2, 0.25) is 5.95 Å². The third kappa shape index (κ3) is 2.65. The first-order valence-corrected chi connectivity index (χ1v) is 9.12. The summed E-state index contributed by atoms with van der Waals surface area (Å²) in [5.74, 6) is 1.69. The average Bonchev–Trinajstić information content (AvgIpc) is 3.07. The molecule has 0 fully saturated rings. The number of pyridine rings is 1. The first kappa shape index (κ1) is 15.9. The third-order valence-corrected chi connectivity index (χ3v) is 5.30.